The van der Waals surface area contributed by atoms with Crippen molar-refractivity contribution in [3.05, 3.63) is 29.8 Å². The van der Waals surface area contributed by atoms with Gasteiger partial charge in [-0.15, -0.1) is 0 Å². The third-order valence-electron chi connectivity index (χ3n) is 3.57. The van der Waals surface area contributed by atoms with Gasteiger partial charge in [0.05, 0.1) is 6.61 Å². The molecular weight excluding hydrogens is 246 g/mol. The van der Waals surface area contributed by atoms with E-state index in [0.717, 1.165) is 25.3 Å². The highest BCUT2D eigenvalue weighted by molar-refractivity contribution is 5.31. The Bertz CT molecular complexity index is 364. The van der Waals surface area contributed by atoms with Crippen LogP contribution in [0, 0.1) is 0 Å². The number of rotatable bonds is 8. The van der Waals surface area contributed by atoms with Crippen LogP contribution in [0.5, 0.6) is 5.75 Å². The van der Waals surface area contributed by atoms with E-state index in [1.165, 1.54) is 18.4 Å². The molecule has 114 valence electrons. The molecule has 0 aromatic heterocycles. The Morgan fingerprint density at radius 2 is 1.75 bits per heavy atom. The average Bonchev–Trinajstić information content (AvgIpc) is 2.38. The SMILES string of the molecule is CCNC(C)CCCCOc1ccc(C(C)(C)C)cc1. The van der Waals surface area contributed by atoms with Crippen LogP contribution in [0.4, 0.5) is 0 Å². The van der Waals surface area contributed by atoms with E-state index in [0.29, 0.717) is 6.04 Å². The Kier molecular flexibility index (Phi) is 7.08. The number of nitrogens with one attached hydrogen (secondary N) is 1. The lowest BCUT2D eigenvalue weighted by atomic mass is 9.87. The summed E-state index contributed by atoms with van der Waals surface area (Å²) in [4.78, 5) is 0. The van der Waals surface area contributed by atoms with Gasteiger partial charge in [0.15, 0.2) is 0 Å². The van der Waals surface area contributed by atoms with Crippen molar-refractivity contribution in [3.63, 3.8) is 0 Å². The summed E-state index contributed by atoms with van der Waals surface area (Å²) >= 11 is 0. The lowest BCUT2D eigenvalue weighted by molar-refractivity contribution is 0.301. The van der Waals surface area contributed by atoms with E-state index >= 15 is 0 Å². The van der Waals surface area contributed by atoms with E-state index in [2.05, 4.69) is 64.2 Å². The fraction of sp³-hybridized carbons (Fsp3) is 0.667. The monoisotopic (exact) mass is 277 g/mol. The van der Waals surface area contributed by atoms with Gasteiger partial charge in [-0.25, -0.2) is 0 Å². The third-order valence-corrected chi connectivity index (χ3v) is 3.57. The predicted octanol–water partition coefficient (Wildman–Crippen LogP) is 4.53. The first-order valence-electron chi connectivity index (χ1n) is 7.90. The summed E-state index contributed by atoms with van der Waals surface area (Å²) in [6.07, 6.45) is 3.56. The summed E-state index contributed by atoms with van der Waals surface area (Å²) < 4.78 is 5.80. The van der Waals surface area contributed by atoms with Crippen LogP contribution in [0.25, 0.3) is 0 Å². The molecule has 1 rings (SSSR count). The molecule has 0 amide bonds. The number of hydrogen-bond acceptors (Lipinski definition) is 2. The first-order chi connectivity index (χ1) is 9.43. The second kappa shape index (κ2) is 8.31. The van der Waals surface area contributed by atoms with Crippen molar-refractivity contribution in [1.82, 2.24) is 5.32 Å². The summed E-state index contributed by atoms with van der Waals surface area (Å²) in [5.41, 5.74) is 1.56. The van der Waals surface area contributed by atoms with Crippen molar-refractivity contribution in [2.75, 3.05) is 13.2 Å². The second-order valence-corrected chi connectivity index (χ2v) is 6.58. The third kappa shape index (κ3) is 6.42. The van der Waals surface area contributed by atoms with Crippen molar-refractivity contribution in [2.24, 2.45) is 0 Å². The van der Waals surface area contributed by atoms with Crippen molar-refractivity contribution in [2.45, 2.75) is 65.3 Å². The van der Waals surface area contributed by atoms with Gasteiger partial charge in [-0.3, -0.25) is 0 Å². The molecule has 0 saturated heterocycles. The molecule has 0 fully saturated rings. The predicted molar refractivity (Wildman–Crippen MR) is 87.6 cm³/mol. The summed E-state index contributed by atoms with van der Waals surface area (Å²) in [5.74, 6) is 0.984. The van der Waals surface area contributed by atoms with Crippen LogP contribution in [0.1, 0.15) is 59.4 Å². The summed E-state index contributed by atoms with van der Waals surface area (Å²) in [6, 6.07) is 9.13. The lowest BCUT2D eigenvalue weighted by Crippen LogP contribution is -2.25. The summed E-state index contributed by atoms with van der Waals surface area (Å²) in [6.45, 7) is 13.0. The average molecular weight is 277 g/mol. The number of unbranched alkanes of at least 4 members (excludes halogenated alkanes) is 1. The molecule has 0 bridgehead atoms. The summed E-state index contributed by atoms with van der Waals surface area (Å²) in [7, 11) is 0. The molecule has 1 N–H and O–H groups in total. The van der Waals surface area contributed by atoms with Crippen LogP contribution in [0.2, 0.25) is 0 Å². The number of ether oxygens (including phenoxy) is 1. The molecule has 1 aromatic carbocycles. The van der Waals surface area contributed by atoms with Crippen molar-refractivity contribution in [3.8, 4) is 5.75 Å². The van der Waals surface area contributed by atoms with Gasteiger partial charge in [0.1, 0.15) is 5.75 Å². The van der Waals surface area contributed by atoms with Gasteiger partial charge in [-0.05, 0) is 55.8 Å². The smallest absolute Gasteiger partial charge is 0.119 e. The topological polar surface area (TPSA) is 21.3 Å². The highest BCUT2D eigenvalue weighted by Crippen LogP contribution is 2.24. The van der Waals surface area contributed by atoms with E-state index in [1.807, 2.05) is 0 Å². The maximum atomic E-state index is 5.80. The zero-order chi connectivity index (χ0) is 15.0. The highest BCUT2D eigenvalue weighted by atomic mass is 16.5. The first-order valence-corrected chi connectivity index (χ1v) is 7.90. The van der Waals surface area contributed by atoms with Crippen molar-refractivity contribution in [1.29, 1.82) is 0 Å². The molecule has 0 aliphatic heterocycles. The molecule has 0 aliphatic carbocycles. The molecule has 0 radical (unpaired) electrons. The first kappa shape index (κ1) is 17.0. The van der Waals surface area contributed by atoms with E-state index in [4.69, 9.17) is 4.74 Å². The number of benzene rings is 1. The lowest BCUT2D eigenvalue weighted by Gasteiger charge is -2.19. The Balaban J connectivity index is 2.23. The maximum absolute atomic E-state index is 5.80. The molecule has 1 unspecified atom stereocenters. The highest BCUT2D eigenvalue weighted by Gasteiger charge is 2.12. The van der Waals surface area contributed by atoms with E-state index in [9.17, 15) is 0 Å². The van der Waals surface area contributed by atoms with Crippen LogP contribution < -0.4 is 10.1 Å². The summed E-state index contributed by atoms with van der Waals surface area (Å²) in [5, 5.41) is 3.43. The molecule has 0 saturated carbocycles. The van der Waals surface area contributed by atoms with E-state index in [1.54, 1.807) is 0 Å². The normalized spacial score (nSPS) is 13.2. The Morgan fingerprint density at radius 1 is 1.10 bits per heavy atom. The zero-order valence-corrected chi connectivity index (χ0v) is 13.8. The molecule has 0 aliphatic rings. The van der Waals surface area contributed by atoms with E-state index in [-0.39, 0.29) is 5.41 Å². The minimum atomic E-state index is 0.209. The Labute approximate surface area is 124 Å². The van der Waals surface area contributed by atoms with Crippen LogP contribution >= 0.6 is 0 Å². The van der Waals surface area contributed by atoms with Gasteiger partial charge in [0.2, 0.25) is 0 Å². The van der Waals surface area contributed by atoms with Gasteiger partial charge in [-0.2, -0.15) is 0 Å². The Morgan fingerprint density at radius 3 is 2.30 bits per heavy atom. The standard InChI is InChI=1S/C18H31NO/c1-6-19-15(2)9-7-8-14-20-17-12-10-16(11-13-17)18(3,4)5/h10-13,15,19H,6-9,14H2,1-5H3. The van der Waals surface area contributed by atoms with Crippen LogP contribution in [0.3, 0.4) is 0 Å². The van der Waals surface area contributed by atoms with Crippen LogP contribution in [-0.2, 0) is 5.41 Å². The van der Waals surface area contributed by atoms with Gasteiger partial charge in [0, 0.05) is 6.04 Å². The molecule has 20 heavy (non-hydrogen) atoms. The molecular formula is C18H31NO. The number of hydrogen-bond donors (Lipinski definition) is 1. The van der Waals surface area contributed by atoms with Crippen LogP contribution in [0.15, 0.2) is 24.3 Å². The van der Waals surface area contributed by atoms with Gasteiger partial charge in [-0.1, -0.05) is 39.8 Å². The van der Waals surface area contributed by atoms with Gasteiger partial charge >= 0.3 is 0 Å². The minimum absolute atomic E-state index is 0.209. The fourth-order valence-corrected chi connectivity index (χ4v) is 2.24. The Hall–Kier alpha value is -1.02. The zero-order valence-electron chi connectivity index (χ0n) is 13.8. The molecule has 0 heterocycles. The maximum Gasteiger partial charge on any atom is 0.119 e. The molecule has 1 atom stereocenters. The quantitative estimate of drug-likeness (QED) is 0.705. The molecule has 2 heteroatoms. The van der Waals surface area contributed by atoms with Gasteiger partial charge in [0.25, 0.3) is 0 Å². The van der Waals surface area contributed by atoms with Crippen LogP contribution in [-0.4, -0.2) is 19.2 Å². The fourth-order valence-electron chi connectivity index (χ4n) is 2.24. The molecule has 0 spiro atoms. The second-order valence-electron chi connectivity index (χ2n) is 6.58. The van der Waals surface area contributed by atoms with Gasteiger partial charge < -0.3 is 10.1 Å². The molecule has 1 aromatic rings. The largest absolute Gasteiger partial charge is 0.494 e. The minimum Gasteiger partial charge on any atom is -0.494 e. The molecule has 2 nitrogen and oxygen atoms in total. The van der Waals surface area contributed by atoms with E-state index < -0.39 is 0 Å². The van der Waals surface area contributed by atoms with Crippen molar-refractivity contribution < 1.29 is 4.74 Å². The van der Waals surface area contributed by atoms with Crippen molar-refractivity contribution >= 4 is 0 Å².